The predicted molar refractivity (Wildman–Crippen MR) is 61.5 cm³/mol. The van der Waals surface area contributed by atoms with E-state index in [1.165, 1.54) is 0 Å². The zero-order valence-electron chi connectivity index (χ0n) is 9.15. The Balaban J connectivity index is 2.78. The molecule has 3 N–H and O–H groups in total. The zero-order valence-corrected chi connectivity index (χ0v) is 9.15. The molecule has 84 valence electrons. The predicted octanol–water partition coefficient (Wildman–Crippen LogP) is 0.951. The van der Waals surface area contributed by atoms with Crippen molar-refractivity contribution in [3.8, 4) is 5.75 Å². The van der Waals surface area contributed by atoms with E-state index in [-0.39, 0.29) is 6.04 Å². The van der Waals surface area contributed by atoms with Gasteiger partial charge in [-0.05, 0) is 19.1 Å². The van der Waals surface area contributed by atoms with Crippen LogP contribution in [-0.4, -0.2) is 17.1 Å². The number of H-pyrrole nitrogens is 1. The molecule has 1 heterocycles. The van der Waals surface area contributed by atoms with E-state index < -0.39 is 5.69 Å². The van der Waals surface area contributed by atoms with Gasteiger partial charge in [0.05, 0.1) is 12.6 Å². The molecular formula is C11H13N3O2. The van der Waals surface area contributed by atoms with Crippen LogP contribution < -0.4 is 16.2 Å². The van der Waals surface area contributed by atoms with Gasteiger partial charge >= 0.3 is 5.69 Å². The zero-order chi connectivity index (χ0) is 11.7. The lowest BCUT2D eigenvalue weighted by Crippen LogP contribution is -2.18. The number of benzene rings is 1. The van der Waals surface area contributed by atoms with Crippen LogP contribution in [0.3, 0.4) is 0 Å². The van der Waals surface area contributed by atoms with Gasteiger partial charge < -0.3 is 15.5 Å². The number of aromatic nitrogens is 2. The fourth-order valence-electron chi connectivity index (χ4n) is 1.64. The SMILES string of the molecule is COc1ccc2c(C(C)N)[nH]c(=O)nc2c1. The lowest BCUT2D eigenvalue weighted by molar-refractivity contribution is 0.415. The first-order chi connectivity index (χ1) is 7.61. The minimum absolute atomic E-state index is 0.244. The van der Waals surface area contributed by atoms with Crippen LogP contribution in [0.4, 0.5) is 0 Å². The van der Waals surface area contributed by atoms with E-state index in [0.717, 1.165) is 5.39 Å². The van der Waals surface area contributed by atoms with Gasteiger partial charge in [0, 0.05) is 23.2 Å². The molecule has 1 unspecified atom stereocenters. The second kappa shape index (κ2) is 3.94. The smallest absolute Gasteiger partial charge is 0.345 e. The standard InChI is InChI=1S/C11H13N3O2/c1-6(12)10-8-4-3-7(16-2)5-9(8)13-11(15)14-10/h3-6H,12H2,1-2H3,(H,13,14,15). The van der Waals surface area contributed by atoms with Gasteiger partial charge in [-0.25, -0.2) is 4.79 Å². The Labute approximate surface area is 92.3 Å². The summed E-state index contributed by atoms with van der Waals surface area (Å²) in [4.78, 5) is 17.9. The molecule has 2 rings (SSSR count). The molecule has 0 fully saturated rings. The molecule has 0 amide bonds. The van der Waals surface area contributed by atoms with Gasteiger partial charge in [-0.3, -0.25) is 0 Å². The molecule has 1 aromatic carbocycles. The Morgan fingerprint density at radius 1 is 1.50 bits per heavy atom. The van der Waals surface area contributed by atoms with E-state index in [9.17, 15) is 4.79 Å². The summed E-state index contributed by atoms with van der Waals surface area (Å²) < 4.78 is 5.08. The molecular weight excluding hydrogens is 206 g/mol. The van der Waals surface area contributed by atoms with E-state index in [1.54, 1.807) is 13.2 Å². The third-order valence-corrected chi connectivity index (χ3v) is 2.41. The van der Waals surface area contributed by atoms with Crippen molar-refractivity contribution in [2.24, 2.45) is 5.73 Å². The summed E-state index contributed by atoms with van der Waals surface area (Å²) in [7, 11) is 1.57. The van der Waals surface area contributed by atoms with Crippen molar-refractivity contribution in [3.05, 3.63) is 34.4 Å². The molecule has 0 bridgehead atoms. The van der Waals surface area contributed by atoms with Crippen LogP contribution in [0, 0.1) is 0 Å². The van der Waals surface area contributed by atoms with Crippen molar-refractivity contribution in [2.75, 3.05) is 7.11 Å². The van der Waals surface area contributed by atoms with Crippen molar-refractivity contribution in [2.45, 2.75) is 13.0 Å². The number of methoxy groups -OCH3 is 1. The highest BCUT2D eigenvalue weighted by Gasteiger charge is 2.09. The van der Waals surface area contributed by atoms with Crippen LogP contribution in [0.15, 0.2) is 23.0 Å². The Morgan fingerprint density at radius 2 is 2.25 bits per heavy atom. The van der Waals surface area contributed by atoms with Gasteiger partial charge in [0.2, 0.25) is 0 Å². The van der Waals surface area contributed by atoms with E-state index in [2.05, 4.69) is 9.97 Å². The van der Waals surface area contributed by atoms with E-state index in [1.807, 2.05) is 19.1 Å². The number of nitrogens with zero attached hydrogens (tertiary/aromatic N) is 1. The Hall–Kier alpha value is -1.88. The molecule has 2 aromatic rings. The van der Waals surface area contributed by atoms with E-state index in [4.69, 9.17) is 10.5 Å². The Morgan fingerprint density at radius 3 is 2.88 bits per heavy atom. The number of hydrogen-bond donors (Lipinski definition) is 2. The van der Waals surface area contributed by atoms with Crippen LogP contribution >= 0.6 is 0 Å². The van der Waals surface area contributed by atoms with Crippen LogP contribution in [0.25, 0.3) is 10.9 Å². The molecule has 0 aliphatic heterocycles. The number of nitrogens with one attached hydrogen (secondary N) is 1. The normalized spacial score (nSPS) is 12.7. The van der Waals surface area contributed by atoms with Gasteiger partial charge in [-0.2, -0.15) is 4.98 Å². The second-order valence-corrected chi connectivity index (χ2v) is 3.63. The quantitative estimate of drug-likeness (QED) is 0.788. The summed E-state index contributed by atoms with van der Waals surface area (Å²) >= 11 is 0. The Bertz CT molecular complexity index is 575. The molecule has 5 heteroatoms. The summed E-state index contributed by atoms with van der Waals surface area (Å²) in [6.45, 7) is 1.81. The second-order valence-electron chi connectivity index (χ2n) is 3.63. The summed E-state index contributed by atoms with van der Waals surface area (Å²) in [5.41, 5.74) is 6.68. The van der Waals surface area contributed by atoms with Crippen LogP contribution in [0.5, 0.6) is 5.75 Å². The highest BCUT2D eigenvalue weighted by molar-refractivity contribution is 5.82. The van der Waals surface area contributed by atoms with Crippen molar-refractivity contribution in [1.82, 2.24) is 9.97 Å². The largest absolute Gasteiger partial charge is 0.497 e. The maximum atomic E-state index is 11.3. The van der Waals surface area contributed by atoms with Crippen LogP contribution in [0.1, 0.15) is 18.7 Å². The van der Waals surface area contributed by atoms with E-state index >= 15 is 0 Å². The number of ether oxygens (including phenoxy) is 1. The molecule has 16 heavy (non-hydrogen) atoms. The van der Waals surface area contributed by atoms with Gasteiger partial charge in [0.25, 0.3) is 0 Å². The minimum Gasteiger partial charge on any atom is -0.497 e. The Kier molecular flexibility index (Phi) is 2.62. The first-order valence-corrected chi connectivity index (χ1v) is 4.95. The van der Waals surface area contributed by atoms with E-state index in [0.29, 0.717) is 17.0 Å². The number of rotatable bonds is 2. The molecule has 0 aliphatic carbocycles. The third kappa shape index (κ3) is 1.77. The molecule has 0 saturated heterocycles. The average Bonchev–Trinajstić information content (AvgIpc) is 2.26. The van der Waals surface area contributed by atoms with Gasteiger partial charge in [-0.15, -0.1) is 0 Å². The van der Waals surface area contributed by atoms with Crippen LogP contribution in [-0.2, 0) is 0 Å². The maximum absolute atomic E-state index is 11.3. The molecule has 0 aliphatic rings. The fourth-order valence-corrected chi connectivity index (χ4v) is 1.64. The van der Waals surface area contributed by atoms with Gasteiger partial charge in [0.15, 0.2) is 0 Å². The molecule has 1 atom stereocenters. The molecule has 0 spiro atoms. The molecule has 0 saturated carbocycles. The number of hydrogen-bond acceptors (Lipinski definition) is 4. The number of fused-ring (bicyclic) bond motifs is 1. The average molecular weight is 219 g/mol. The summed E-state index contributed by atoms with van der Waals surface area (Å²) in [5, 5.41) is 0.843. The highest BCUT2D eigenvalue weighted by atomic mass is 16.5. The number of nitrogens with two attached hydrogens (primary N) is 1. The minimum atomic E-state index is -0.395. The number of aromatic amines is 1. The van der Waals surface area contributed by atoms with Crippen molar-refractivity contribution in [1.29, 1.82) is 0 Å². The molecule has 5 nitrogen and oxygen atoms in total. The third-order valence-electron chi connectivity index (χ3n) is 2.41. The summed E-state index contributed by atoms with van der Waals surface area (Å²) in [6, 6.07) is 5.13. The first kappa shape index (κ1) is 10.6. The summed E-state index contributed by atoms with van der Waals surface area (Å²) in [6.07, 6.45) is 0. The first-order valence-electron chi connectivity index (χ1n) is 4.95. The summed E-state index contributed by atoms with van der Waals surface area (Å²) in [5.74, 6) is 0.668. The van der Waals surface area contributed by atoms with Gasteiger partial charge in [-0.1, -0.05) is 0 Å². The van der Waals surface area contributed by atoms with Crippen molar-refractivity contribution >= 4 is 10.9 Å². The lowest BCUT2D eigenvalue weighted by atomic mass is 10.1. The monoisotopic (exact) mass is 219 g/mol. The topological polar surface area (TPSA) is 81.0 Å². The lowest BCUT2D eigenvalue weighted by Gasteiger charge is -2.09. The maximum Gasteiger partial charge on any atom is 0.345 e. The van der Waals surface area contributed by atoms with Gasteiger partial charge in [0.1, 0.15) is 5.75 Å². The van der Waals surface area contributed by atoms with Crippen molar-refractivity contribution < 1.29 is 4.74 Å². The molecule has 1 aromatic heterocycles. The van der Waals surface area contributed by atoms with Crippen molar-refractivity contribution in [3.63, 3.8) is 0 Å². The highest BCUT2D eigenvalue weighted by Crippen LogP contribution is 2.22. The fraction of sp³-hybridized carbons (Fsp3) is 0.273. The van der Waals surface area contributed by atoms with Crippen LogP contribution in [0.2, 0.25) is 0 Å². The molecule has 0 radical (unpaired) electrons.